The number of pyridine rings is 1. The molecular formula is C16H15FN2NaO5PS. The topological polar surface area (TPSA) is 106 Å². The van der Waals surface area contributed by atoms with E-state index in [-0.39, 0.29) is 41.6 Å². The summed E-state index contributed by atoms with van der Waals surface area (Å²) >= 11 is 0. The number of nitrogens with zero attached hydrogens (tertiary/aromatic N) is 1. The first-order valence-corrected chi connectivity index (χ1v) is 10.6. The molecule has 2 N–H and O–H groups in total. The average Bonchev–Trinajstić information content (AvgIpc) is 2.61. The number of sulfonamides is 1. The summed E-state index contributed by atoms with van der Waals surface area (Å²) in [7, 11) is -8.44. The van der Waals surface area contributed by atoms with Crippen molar-refractivity contribution in [1.29, 1.82) is 0 Å². The largest absolute Gasteiger partial charge is 1.00 e. The second kappa shape index (κ2) is 8.79. The standard InChI is InChI=1S/C16H14FN2O5PS.Na.H/c17-13-6-8-14(9-7-13)26(22,23)19-11-25(20,21)24-15-5-1-3-12-4-2-10-18-16(12)15;;/h1-10,19H,11H2,(H,20,21);;/q;+1;-1. The predicted octanol–water partition coefficient (Wildman–Crippen LogP) is -0.00940. The Morgan fingerprint density at radius 2 is 1.81 bits per heavy atom. The molecule has 3 aromatic rings. The zero-order valence-corrected chi connectivity index (χ0v) is 18.0. The summed E-state index contributed by atoms with van der Waals surface area (Å²) in [6.45, 7) is 0. The maximum Gasteiger partial charge on any atom is 1.00 e. The second-order valence-electron chi connectivity index (χ2n) is 5.32. The van der Waals surface area contributed by atoms with E-state index < -0.39 is 29.7 Å². The van der Waals surface area contributed by atoms with Crippen LogP contribution in [-0.4, -0.2) is 24.6 Å². The Labute approximate surface area is 178 Å². The van der Waals surface area contributed by atoms with Gasteiger partial charge in [-0.25, -0.2) is 17.4 Å². The van der Waals surface area contributed by atoms with Gasteiger partial charge in [0.15, 0.2) is 5.75 Å². The van der Waals surface area contributed by atoms with E-state index in [4.69, 9.17) is 4.52 Å². The predicted molar refractivity (Wildman–Crippen MR) is 94.9 cm³/mol. The number of benzene rings is 2. The summed E-state index contributed by atoms with van der Waals surface area (Å²) in [5, 5.41) is 0.705. The van der Waals surface area contributed by atoms with E-state index in [9.17, 15) is 22.3 Å². The van der Waals surface area contributed by atoms with Gasteiger partial charge in [-0.05, 0) is 36.4 Å². The SMILES string of the molecule is O=P(O)(CNS(=O)(=O)c1ccc(F)cc1)Oc1cccc2cccnc12.[H-].[Na+]. The zero-order valence-electron chi connectivity index (χ0n) is 15.2. The van der Waals surface area contributed by atoms with Crippen LogP contribution in [0.4, 0.5) is 4.39 Å². The molecule has 7 nitrogen and oxygen atoms in total. The number of hydrogen-bond acceptors (Lipinski definition) is 5. The van der Waals surface area contributed by atoms with Gasteiger partial charge in [-0.1, -0.05) is 18.2 Å². The summed E-state index contributed by atoms with van der Waals surface area (Å²) in [6.07, 6.45) is 0.657. The van der Waals surface area contributed by atoms with Crippen molar-refractivity contribution in [3.05, 3.63) is 66.6 Å². The molecule has 3 rings (SSSR count). The molecule has 1 unspecified atom stereocenters. The third-order valence-electron chi connectivity index (χ3n) is 3.42. The Hall–Kier alpha value is -1.32. The zero-order chi connectivity index (χ0) is 18.8. The molecule has 0 saturated carbocycles. The van der Waals surface area contributed by atoms with Crippen molar-refractivity contribution in [3.8, 4) is 5.75 Å². The van der Waals surface area contributed by atoms with Crippen LogP contribution in [0.5, 0.6) is 5.75 Å². The molecule has 1 atom stereocenters. The molecule has 11 heteroatoms. The van der Waals surface area contributed by atoms with Gasteiger partial charge in [0.2, 0.25) is 10.0 Å². The van der Waals surface area contributed by atoms with E-state index in [1.54, 1.807) is 24.3 Å². The Morgan fingerprint density at radius 1 is 1.15 bits per heavy atom. The molecule has 2 aromatic carbocycles. The number of hydrogen-bond donors (Lipinski definition) is 2. The van der Waals surface area contributed by atoms with Gasteiger partial charge in [-0.2, -0.15) is 4.72 Å². The van der Waals surface area contributed by atoms with Crippen molar-refractivity contribution in [2.75, 3.05) is 6.29 Å². The number of para-hydroxylation sites is 1. The fourth-order valence-electron chi connectivity index (χ4n) is 2.20. The molecule has 1 heterocycles. The molecule has 0 spiro atoms. The molecule has 0 aliphatic carbocycles. The summed E-state index contributed by atoms with van der Waals surface area (Å²) in [5.74, 6) is -0.529. The molecule has 0 amide bonds. The van der Waals surface area contributed by atoms with Crippen molar-refractivity contribution in [2.24, 2.45) is 0 Å². The van der Waals surface area contributed by atoms with E-state index in [0.29, 0.717) is 10.9 Å². The maximum atomic E-state index is 12.9. The van der Waals surface area contributed by atoms with Crippen LogP contribution in [0.2, 0.25) is 0 Å². The molecule has 27 heavy (non-hydrogen) atoms. The van der Waals surface area contributed by atoms with Crippen molar-refractivity contribution < 1.29 is 57.8 Å². The molecule has 0 bridgehead atoms. The van der Waals surface area contributed by atoms with E-state index in [2.05, 4.69) is 4.98 Å². The van der Waals surface area contributed by atoms with Crippen LogP contribution in [0.15, 0.2) is 65.7 Å². The maximum absolute atomic E-state index is 12.9. The van der Waals surface area contributed by atoms with Crippen LogP contribution >= 0.6 is 7.60 Å². The van der Waals surface area contributed by atoms with Crippen molar-refractivity contribution >= 4 is 28.5 Å². The molecule has 0 fully saturated rings. The monoisotopic (exact) mass is 420 g/mol. The second-order valence-corrected chi connectivity index (χ2v) is 8.86. The number of halogens is 1. The van der Waals surface area contributed by atoms with Gasteiger partial charge >= 0.3 is 37.2 Å². The van der Waals surface area contributed by atoms with Gasteiger partial charge in [0, 0.05) is 11.6 Å². The van der Waals surface area contributed by atoms with Crippen LogP contribution in [0.3, 0.4) is 0 Å². The first-order chi connectivity index (χ1) is 12.3. The van der Waals surface area contributed by atoms with Crippen LogP contribution < -0.4 is 38.8 Å². The van der Waals surface area contributed by atoms with E-state index in [1.807, 2.05) is 4.72 Å². The summed E-state index contributed by atoms with van der Waals surface area (Å²) < 4.78 is 56.5. The molecule has 1 aromatic heterocycles. The Bertz CT molecular complexity index is 1100. The van der Waals surface area contributed by atoms with E-state index >= 15 is 0 Å². The quantitative estimate of drug-likeness (QED) is 0.429. The van der Waals surface area contributed by atoms with E-state index in [1.165, 1.54) is 12.3 Å². The molecule has 138 valence electrons. The summed E-state index contributed by atoms with van der Waals surface area (Å²) in [6, 6.07) is 12.4. The molecule has 0 aliphatic rings. The number of nitrogens with one attached hydrogen (secondary N) is 1. The summed E-state index contributed by atoms with van der Waals surface area (Å²) in [5.41, 5.74) is 0.380. The Kier molecular flexibility index (Phi) is 7.15. The molecule has 0 radical (unpaired) electrons. The van der Waals surface area contributed by atoms with Gasteiger partial charge in [0.1, 0.15) is 17.6 Å². The van der Waals surface area contributed by atoms with Crippen molar-refractivity contribution in [2.45, 2.75) is 4.90 Å². The first-order valence-electron chi connectivity index (χ1n) is 7.37. The van der Waals surface area contributed by atoms with Gasteiger partial charge in [-0.15, -0.1) is 0 Å². The normalized spacial score (nSPS) is 13.6. The van der Waals surface area contributed by atoms with Crippen molar-refractivity contribution in [1.82, 2.24) is 9.71 Å². The van der Waals surface area contributed by atoms with Gasteiger partial charge in [-0.3, -0.25) is 4.98 Å². The fourth-order valence-corrected chi connectivity index (χ4v) is 4.71. The molecular weight excluding hydrogens is 405 g/mol. The first kappa shape index (κ1) is 22.0. The van der Waals surface area contributed by atoms with Crippen molar-refractivity contribution in [3.63, 3.8) is 0 Å². The summed E-state index contributed by atoms with van der Waals surface area (Å²) in [4.78, 5) is 13.9. The van der Waals surface area contributed by atoms with Gasteiger partial charge < -0.3 is 10.8 Å². The third kappa shape index (κ3) is 5.58. The van der Waals surface area contributed by atoms with Crippen LogP contribution in [0, 0.1) is 5.82 Å². The molecule has 0 saturated heterocycles. The minimum atomic E-state index is -4.35. The minimum Gasteiger partial charge on any atom is -1.00 e. The molecule has 0 aliphatic heterocycles. The van der Waals surface area contributed by atoms with Crippen LogP contribution in [-0.2, 0) is 14.6 Å². The smallest absolute Gasteiger partial charge is 1.00 e. The van der Waals surface area contributed by atoms with Crippen LogP contribution in [0.1, 0.15) is 1.43 Å². The van der Waals surface area contributed by atoms with Gasteiger partial charge in [0.05, 0.1) is 4.90 Å². The van der Waals surface area contributed by atoms with E-state index in [0.717, 1.165) is 24.3 Å². The Balaban J connectivity index is 0.00000196. The van der Waals surface area contributed by atoms with Crippen LogP contribution in [0.25, 0.3) is 10.9 Å². The number of fused-ring (bicyclic) bond motifs is 1. The number of aromatic nitrogens is 1. The Morgan fingerprint density at radius 3 is 2.52 bits per heavy atom. The van der Waals surface area contributed by atoms with Gasteiger partial charge in [0.25, 0.3) is 0 Å². The fraction of sp³-hybridized carbons (Fsp3) is 0.0625. The minimum absolute atomic E-state index is 0. The third-order valence-corrected chi connectivity index (χ3v) is 6.09. The number of rotatable bonds is 6. The average molecular weight is 420 g/mol.